The van der Waals surface area contributed by atoms with Crippen molar-refractivity contribution in [3.8, 4) is 11.5 Å². The Bertz CT molecular complexity index is 1400. The van der Waals surface area contributed by atoms with Crippen LogP contribution in [0.15, 0.2) is 48.5 Å². The fraction of sp³-hybridized carbons (Fsp3) is 0.500. The maximum absolute atomic E-state index is 14.6. The third-order valence-corrected chi connectivity index (χ3v) is 9.05. The molecule has 0 spiro atoms. The van der Waals surface area contributed by atoms with Crippen molar-refractivity contribution in [2.45, 2.75) is 69.0 Å². The SMILES string of the molecule is O=C1N[C@@H](Cc2ccc(OCC(=O)N3CCCC3)cc2)C(=O)N2C[C@@H](F)C[C@H]2C(=O)N[C@@H]2C[C@@H]1N(Cc1ccccc1O)C2. The van der Waals surface area contributed by atoms with Gasteiger partial charge in [0.05, 0.1) is 12.6 Å². The molecule has 5 atom stereocenters. The van der Waals surface area contributed by atoms with E-state index in [-0.39, 0.29) is 56.1 Å². The zero-order chi connectivity index (χ0) is 30.8. The first-order chi connectivity index (χ1) is 21.2. The second kappa shape index (κ2) is 12.8. The average Bonchev–Trinajstić information content (AvgIpc) is 3.77. The fourth-order valence-electron chi connectivity index (χ4n) is 6.72. The number of hydrogen-bond acceptors (Lipinski definition) is 7. The third-order valence-electron chi connectivity index (χ3n) is 9.05. The number of phenols is 1. The van der Waals surface area contributed by atoms with E-state index in [9.17, 15) is 28.7 Å². The number of benzene rings is 2. The number of likely N-dealkylation sites (tertiary alicyclic amines) is 2. The molecular formula is C32H38FN5O6. The molecule has 44 heavy (non-hydrogen) atoms. The summed E-state index contributed by atoms with van der Waals surface area (Å²) >= 11 is 0. The maximum atomic E-state index is 14.6. The smallest absolute Gasteiger partial charge is 0.260 e. The first kappa shape index (κ1) is 29.9. The van der Waals surface area contributed by atoms with Gasteiger partial charge in [0.25, 0.3) is 5.91 Å². The van der Waals surface area contributed by atoms with Crippen molar-refractivity contribution in [2.75, 3.05) is 32.8 Å². The fourth-order valence-corrected chi connectivity index (χ4v) is 6.72. The minimum absolute atomic E-state index is 0.0566. The highest BCUT2D eigenvalue weighted by Gasteiger charge is 2.46. The number of hydrogen-bond donors (Lipinski definition) is 3. The summed E-state index contributed by atoms with van der Waals surface area (Å²) in [5.74, 6) is -0.752. The summed E-state index contributed by atoms with van der Waals surface area (Å²) in [6.07, 6.45) is 0.999. The van der Waals surface area contributed by atoms with Crippen LogP contribution in [0.3, 0.4) is 0 Å². The summed E-state index contributed by atoms with van der Waals surface area (Å²) < 4.78 is 20.3. The van der Waals surface area contributed by atoms with Crippen LogP contribution in [0.4, 0.5) is 4.39 Å². The van der Waals surface area contributed by atoms with Crippen molar-refractivity contribution in [1.82, 2.24) is 25.3 Å². The Hall–Kier alpha value is -4.19. The van der Waals surface area contributed by atoms with Gasteiger partial charge >= 0.3 is 0 Å². The largest absolute Gasteiger partial charge is 0.508 e. The van der Waals surface area contributed by atoms with Crippen molar-refractivity contribution < 1.29 is 33.4 Å². The van der Waals surface area contributed by atoms with Crippen LogP contribution in [-0.4, -0.2) is 107 Å². The number of alkyl halides is 1. The Labute approximate surface area is 255 Å². The average molecular weight is 608 g/mol. The molecule has 4 aliphatic heterocycles. The van der Waals surface area contributed by atoms with E-state index in [0.29, 0.717) is 24.3 Å². The summed E-state index contributed by atoms with van der Waals surface area (Å²) in [7, 11) is 0. The summed E-state index contributed by atoms with van der Waals surface area (Å²) in [5, 5.41) is 16.2. The number of para-hydroxylation sites is 1. The monoisotopic (exact) mass is 607 g/mol. The van der Waals surface area contributed by atoms with Gasteiger partial charge in [0.15, 0.2) is 6.61 Å². The van der Waals surface area contributed by atoms with E-state index in [2.05, 4.69) is 10.6 Å². The number of rotatable bonds is 7. The number of carbonyl (C=O) groups is 4. The number of halogens is 1. The second-order valence-corrected chi connectivity index (χ2v) is 12.1. The van der Waals surface area contributed by atoms with Crippen LogP contribution >= 0.6 is 0 Å². The molecule has 6 rings (SSSR count). The zero-order valence-corrected chi connectivity index (χ0v) is 24.5. The van der Waals surface area contributed by atoms with E-state index in [4.69, 9.17) is 4.74 Å². The summed E-state index contributed by atoms with van der Waals surface area (Å²) in [6, 6.07) is 10.8. The minimum Gasteiger partial charge on any atom is -0.508 e. The van der Waals surface area contributed by atoms with Crippen molar-refractivity contribution >= 4 is 23.6 Å². The predicted molar refractivity (Wildman–Crippen MR) is 157 cm³/mol. The van der Waals surface area contributed by atoms with Crippen molar-refractivity contribution in [3.05, 3.63) is 59.7 Å². The molecule has 0 aromatic heterocycles. The molecule has 2 aromatic carbocycles. The highest BCUT2D eigenvalue weighted by molar-refractivity contribution is 5.94. The van der Waals surface area contributed by atoms with Gasteiger partial charge in [-0.05, 0) is 43.0 Å². The van der Waals surface area contributed by atoms with E-state index in [1.807, 2.05) is 4.90 Å². The van der Waals surface area contributed by atoms with Gasteiger partial charge in [0, 0.05) is 50.6 Å². The number of amides is 4. The van der Waals surface area contributed by atoms with Gasteiger partial charge in [-0.1, -0.05) is 30.3 Å². The van der Waals surface area contributed by atoms with Crippen LogP contribution in [0.25, 0.3) is 0 Å². The zero-order valence-electron chi connectivity index (χ0n) is 24.5. The van der Waals surface area contributed by atoms with E-state index < -0.39 is 36.1 Å². The molecule has 234 valence electrons. The van der Waals surface area contributed by atoms with Gasteiger partial charge < -0.3 is 30.3 Å². The first-order valence-electron chi connectivity index (χ1n) is 15.3. The van der Waals surface area contributed by atoms with Crippen LogP contribution < -0.4 is 15.4 Å². The minimum atomic E-state index is -1.34. The number of phenolic OH excluding ortho intramolecular Hbond substituents is 1. The van der Waals surface area contributed by atoms with Crippen LogP contribution in [0.1, 0.15) is 36.8 Å². The highest BCUT2D eigenvalue weighted by Crippen LogP contribution is 2.28. The third kappa shape index (κ3) is 6.50. The molecule has 2 aromatic rings. The molecular weight excluding hydrogens is 569 g/mol. The summed E-state index contributed by atoms with van der Waals surface area (Å²) in [4.78, 5) is 58.2. The maximum Gasteiger partial charge on any atom is 0.260 e. The van der Waals surface area contributed by atoms with Gasteiger partial charge in [0.2, 0.25) is 17.7 Å². The van der Waals surface area contributed by atoms with Gasteiger partial charge in [0.1, 0.15) is 29.8 Å². The van der Waals surface area contributed by atoms with Crippen LogP contribution in [0.5, 0.6) is 11.5 Å². The van der Waals surface area contributed by atoms with Gasteiger partial charge in [-0.25, -0.2) is 4.39 Å². The number of carbonyl (C=O) groups excluding carboxylic acids is 4. The molecule has 4 saturated heterocycles. The normalized spacial score (nSPS) is 27.5. The van der Waals surface area contributed by atoms with E-state index >= 15 is 0 Å². The number of fused-ring (bicyclic) bond motifs is 3. The molecule has 4 heterocycles. The standard InChI is InChI=1S/C32H38FN5O6/c33-22-14-27-31(42)34-23-15-26(37(18-23)16-21-5-1-2-6-28(21)39)30(41)35-25(32(43)38(27)17-22)13-20-7-9-24(10-8-20)44-19-29(40)36-11-3-4-12-36/h1-2,5-10,22-23,25-27,39H,3-4,11-19H2,(H,34,42)(H,35,41)/t22-,23+,25-,26-,27-/m0/s1. The molecule has 12 heteroatoms. The topological polar surface area (TPSA) is 132 Å². The molecule has 0 radical (unpaired) electrons. The van der Waals surface area contributed by atoms with E-state index in [1.165, 1.54) is 4.90 Å². The number of ether oxygens (including phenoxy) is 1. The van der Waals surface area contributed by atoms with E-state index in [1.54, 1.807) is 53.4 Å². The Balaban J connectivity index is 1.20. The number of aromatic hydroxyl groups is 1. The molecule has 0 saturated carbocycles. The van der Waals surface area contributed by atoms with Crippen molar-refractivity contribution in [2.24, 2.45) is 0 Å². The Morgan fingerprint density at radius 3 is 2.41 bits per heavy atom. The summed E-state index contributed by atoms with van der Waals surface area (Å²) in [5.41, 5.74) is 1.37. The van der Waals surface area contributed by atoms with Crippen LogP contribution in [-0.2, 0) is 32.1 Å². The Kier molecular flexibility index (Phi) is 8.69. The lowest BCUT2D eigenvalue weighted by molar-refractivity contribution is -0.142. The lowest BCUT2D eigenvalue weighted by Gasteiger charge is -2.31. The molecule has 0 unspecified atom stereocenters. The quantitative estimate of drug-likeness (QED) is 0.430. The molecule has 4 fully saturated rings. The lowest BCUT2D eigenvalue weighted by atomic mass is 10.0. The second-order valence-electron chi connectivity index (χ2n) is 12.1. The highest BCUT2D eigenvalue weighted by atomic mass is 19.1. The van der Waals surface area contributed by atoms with Gasteiger partial charge in [-0.2, -0.15) is 0 Å². The van der Waals surface area contributed by atoms with Crippen molar-refractivity contribution in [3.63, 3.8) is 0 Å². The first-order valence-corrected chi connectivity index (χ1v) is 15.3. The number of nitrogens with one attached hydrogen (secondary N) is 2. The Morgan fingerprint density at radius 2 is 1.66 bits per heavy atom. The predicted octanol–water partition coefficient (Wildman–Crippen LogP) is 1.13. The molecule has 2 bridgehead atoms. The van der Waals surface area contributed by atoms with Gasteiger partial charge in [-0.15, -0.1) is 0 Å². The molecule has 4 aliphatic rings. The molecule has 4 amide bonds. The molecule has 3 N–H and O–H groups in total. The van der Waals surface area contributed by atoms with Crippen LogP contribution in [0, 0.1) is 0 Å². The molecule has 0 aliphatic carbocycles. The molecule has 11 nitrogen and oxygen atoms in total. The number of nitrogens with zero attached hydrogens (tertiary/aromatic N) is 3. The Morgan fingerprint density at radius 1 is 0.932 bits per heavy atom. The summed E-state index contributed by atoms with van der Waals surface area (Å²) in [6.45, 7) is 1.87. The van der Waals surface area contributed by atoms with E-state index in [0.717, 1.165) is 31.5 Å². The van der Waals surface area contributed by atoms with Crippen LogP contribution in [0.2, 0.25) is 0 Å². The van der Waals surface area contributed by atoms with Gasteiger partial charge in [-0.3, -0.25) is 24.1 Å². The lowest BCUT2D eigenvalue weighted by Crippen LogP contribution is -2.56. The van der Waals surface area contributed by atoms with Crippen molar-refractivity contribution in [1.29, 1.82) is 0 Å².